The molecule has 38 heavy (non-hydrogen) atoms. The van der Waals surface area contributed by atoms with Gasteiger partial charge in [-0.05, 0) is 60.3 Å². The minimum absolute atomic E-state index is 0.0403. The summed E-state index contributed by atoms with van der Waals surface area (Å²) in [5, 5.41) is 10.5. The van der Waals surface area contributed by atoms with Crippen molar-refractivity contribution in [2.45, 2.75) is 24.7 Å². The lowest BCUT2D eigenvalue weighted by Gasteiger charge is -2.26. The largest absolute Gasteiger partial charge is 0.573 e. The van der Waals surface area contributed by atoms with E-state index < -0.39 is 28.1 Å². The number of alkyl halides is 3. The predicted molar refractivity (Wildman–Crippen MR) is 133 cm³/mol. The van der Waals surface area contributed by atoms with Crippen molar-refractivity contribution in [1.29, 1.82) is 0 Å². The smallest absolute Gasteiger partial charge is 0.480 e. The number of carboxylic acids is 1. The Hall–Kier alpha value is -4.32. The van der Waals surface area contributed by atoms with Gasteiger partial charge in [0.15, 0.2) is 0 Å². The number of aromatic nitrogens is 1. The highest BCUT2D eigenvalue weighted by molar-refractivity contribution is 7.92. The number of aromatic carboxylic acids is 1. The number of carboxylic acid groups (broad SMARTS) is 1. The molecule has 0 saturated heterocycles. The van der Waals surface area contributed by atoms with Crippen LogP contribution >= 0.6 is 0 Å². The fourth-order valence-corrected chi connectivity index (χ4v) is 5.35. The van der Waals surface area contributed by atoms with Crippen molar-refractivity contribution in [2.75, 3.05) is 11.4 Å². The van der Waals surface area contributed by atoms with Crippen LogP contribution in [0.25, 0.3) is 10.8 Å². The second-order valence-corrected chi connectivity index (χ2v) is 10.0. The Morgan fingerprint density at radius 2 is 1.58 bits per heavy atom. The molecule has 1 heterocycles. The topological polar surface area (TPSA) is 106 Å². The molecule has 1 aromatic heterocycles. The van der Waals surface area contributed by atoms with Crippen LogP contribution < -0.4 is 13.8 Å². The Morgan fingerprint density at radius 1 is 0.974 bits per heavy atom. The van der Waals surface area contributed by atoms with Crippen LogP contribution in [0.15, 0.2) is 77.7 Å². The molecule has 0 spiro atoms. The molecular weight excluding hydrogens is 525 g/mol. The summed E-state index contributed by atoms with van der Waals surface area (Å²) in [4.78, 5) is 15.5. The van der Waals surface area contributed by atoms with Gasteiger partial charge in [0.2, 0.25) is 5.88 Å². The third kappa shape index (κ3) is 5.49. The minimum Gasteiger partial charge on any atom is -0.480 e. The molecule has 0 unspecified atom stereocenters. The van der Waals surface area contributed by atoms with E-state index in [1.807, 2.05) is 0 Å². The Kier molecular flexibility index (Phi) is 7.18. The van der Waals surface area contributed by atoms with E-state index in [1.165, 1.54) is 31.4 Å². The van der Waals surface area contributed by atoms with Crippen molar-refractivity contribution in [3.63, 3.8) is 0 Å². The first-order chi connectivity index (χ1) is 17.9. The number of rotatable bonds is 8. The Morgan fingerprint density at radius 3 is 2.13 bits per heavy atom. The van der Waals surface area contributed by atoms with Gasteiger partial charge < -0.3 is 14.6 Å². The third-order valence-corrected chi connectivity index (χ3v) is 7.46. The van der Waals surface area contributed by atoms with Crippen LogP contribution in [-0.2, 0) is 16.6 Å². The molecule has 4 aromatic rings. The number of carbonyl (C=O) groups is 1. The second kappa shape index (κ2) is 10.2. The first kappa shape index (κ1) is 26.7. The lowest BCUT2D eigenvalue weighted by atomic mass is 10.1. The molecule has 0 aliphatic carbocycles. The second-order valence-electron chi connectivity index (χ2n) is 8.15. The average Bonchev–Trinajstić information content (AvgIpc) is 2.88. The fraction of sp³-hybridized carbons (Fsp3) is 0.154. The summed E-state index contributed by atoms with van der Waals surface area (Å²) in [6, 6.07) is 16.6. The molecule has 4 rings (SSSR count). The molecule has 3 aromatic carbocycles. The molecule has 0 bridgehead atoms. The van der Waals surface area contributed by atoms with Crippen molar-refractivity contribution in [1.82, 2.24) is 4.98 Å². The maximum Gasteiger partial charge on any atom is 0.573 e. The van der Waals surface area contributed by atoms with Crippen LogP contribution in [0.1, 0.15) is 21.5 Å². The number of halogens is 3. The molecule has 0 aliphatic rings. The molecule has 8 nitrogen and oxygen atoms in total. The zero-order valence-electron chi connectivity index (χ0n) is 20.1. The van der Waals surface area contributed by atoms with Crippen molar-refractivity contribution in [2.24, 2.45) is 0 Å². The predicted octanol–water partition coefficient (Wildman–Crippen LogP) is 5.54. The number of methoxy groups -OCH3 is 1. The van der Waals surface area contributed by atoms with Crippen molar-refractivity contribution in [3.05, 3.63) is 89.5 Å². The number of hydrogen-bond donors (Lipinski definition) is 1. The van der Waals surface area contributed by atoms with Crippen LogP contribution in [0.4, 0.5) is 19.0 Å². The molecule has 0 atom stereocenters. The Labute approximate surface area is 215 Å². The average molecular weight is 547 g/mol. The number of sulfonamides is 1. The number of fused-ring (bicyclic) bond motifs is 1. The monoisotopic (exact) mass is 546 g/mol. The summed E-state index contributed by atoms with van der Waals surface area (Å²) < 4.78 is 75.8. The first-order valence-electron chi connectivity index (χ1n) is 11.0. The molecule has 1 N–H and O–H groups in total. The summed E-state index contributed by atoms with van der Waals surface area (Å²) >= 11 is 0. The van der Waals surface area contributed by atoms with Crippen LogP contribution in [0.2, 0.25) is 0 Å². The van der Waals surface area contributed by atoms with Crippen LogP contribution in [0, 0.1) is 6.92 Å². The molecule has 0 fully saturated rings. The first-order valence-corrected chi connectivity index (χ1v) is 12.5. The summed E-state index contributed by atoms with van der Waals surface area (Å²) in [5.41, 5.74) is 0.764. The number of nitrogens with zero attached hydrogens (tertiary/aromatic N) is 2. The maximum absolute atomic E-state index is 13.9. The normalized spacial score (nSPS) is 11.8. The fourth-order valence-electron chi connectivity index (χ4n) is 3.89. The SMILES string of the molecule is COc1nc(N(Cc2ccc(OC(F)(F)F)cc2)S(=O)(=O)c2ccc(C(=O)O)cc2)c(C)c2ccccc12. The summed E-state index contributed by atoms with van der Waals surface area (Å²) in [6.07, 6.45) is -4.87. The minimum atomic E-state index is -4.87. The number of hydrogen-bond acceptors (Lipinski definition) is 6. The maximum atomic E-state index is 13.9. The quantitative estimate of drug-likeness (QED) is 0.309. The van der Waals surface area contributed by atoms with Gasteiger partial charge >= 0.3 is 12.3 Å². The lowest BCUT2D eigenvalue weighted by Crippen LogP contribution is -2.32. The van der Waals surface area contributed by atoms with E-state index in [9.17, 15) is 31.5 Å². The molecule has 0 aliphatic heterocycles. The number of aryl methyl sites for hydroxylation is 1. The summed E-state index contributed by atoms with van der Waals surface area (Å²) in [7, 11) is -2.94. The van der Waals surface area contributed by atoms with Gasteiger partial charge in [-0.3, -0.25) is 0 Å². The zero-order valence-corrected chi connectivity index (χ0v) is 20.9. The number of ether oxygens (including phenoxy) is 2. The highest BCUT2D eigenvalue weighted by atomic mass is 32.2. The van der Waals surface area contributed by atoms with Gasteiger partial charge in [-0.1, -0.05) is 30.3 Å². The molecule has 198 valence electrons. The van der Waals surface area contributed by atoms with Gasteiger partial charge in [0.1, 0.15) is 11.6 Å². The van der Waals surface area contributed by atoms with Crippen LogP contribution in [0.5, 0.6) is 11.6 Å². The number of benzene rings is 3. The summed E-state index contributed by atoms with van der Waals surface area (Å²) in [6.45, 7) is 1.39. The van der Waals surface area contributed by atoms with Crippen molar-refractivity contribution < 1.29 is 41.0 Å². The van der Waals surface area contributed by atoms with Crippen LogP contribution in [-0.4, -0.2) is 37.9 Å². The van der Waals surface area contributed by atoms with Crippen molar-refractivity contribution >= 4 is 32.6 Å². The molecule has 0 radical (unpaired) electrons. The number of pyridine rings is 1. The standard InChI is InChI=1S/C26H21F3N2O6S/c1-16-21-5-3-4-6-22(21)24(36-2)30-23(16)31(15-17-7-11-19(12-8-17)37-26(27,28)29)38(34,35)20-13-9-18(10-14-20)25(32)33/h3-14H,15H2,1-2H3,(H,32,33). The van der Waals surface area contributed by atoms with E-state index in [1.54, 1.807) is 31.2 Å². The van der Waals surface area contributed by atoms with E-state index in [0.717, 1.165) is 28.6 Å². The Bertz CT molecular complexity index is 1590. The van der Waals surface area contributed by atoms with Gasteiger partial charge in [0.25, 0.3) is 10.0 Å². The van der Waals surface area contributed by atoms with Gasteiger partial charge in [-0.15, -0.1) is 13.2 Å². The third-order valence-electron chi connectivity index (χ3n) is 5.71. The molecule has 0 saturated carbocycles. The van der Waals surface area contributed by atoms with E-state index in [2.05, 4.69) is 9.72 Å². The van der Waals surface area contributed by atoms with E-state index in [-0.39, 0.29) is 28.7 Å². The van der Waals surface area contributed by atoms with Crippen molar-refractivity contribution in [3.8, 4) is 11.6 Å². The Balaban J connectivity index is 1.85. The highest BCUT2D eigenvalue weighted by Gasteiger charge is 2.32. The molecular formula is C26H21F3N2O6S. The van der Waals surface area contributed by atoms with E-state index >= 15 is 0 Å². The van der Waals surface area contributed by atoms with Gasteiger partial charge in [-0.2, -0.15) is 4.98 Å². The summed E-state index contributed by atoms with van der Waals surface area (Å²) in [5.74, 6) is -1.46. The van der Waals surface area contributed by atoms with E-state index in [0.29, 0.717) is 21.9 Å². The highest BCUT2D eigenvalue weighted by Crippen LogP contribution is 2.36. The molecule has 12 heteroatoms. The number of anilines is 1. The van der Waals surface area contributed by atoms with E-state index in [4.69, 9.17) is 4.74 Å². The lowest BCUT2D eigenvalue weighted by molar-refractivity contribution is -0.274. The van der Waals surface area contributed by atoms with Gasteiger partial charge in [0.05, 0.1) is 24.1 Å². The van der Waals surface area contributed by atoms with Crippen LogP contribution in [0.3, 0.4) is 0 Å². The zero-order chi connectivity index (χ0) is 27.7. The molecule has 0 amide bonds. The van der Waals surface area contributed by atoms with Gasteiger partial charge in [0, 0.05) is 10.9 Å². The van der Waals surface area contributed by atoms with Gasteiger partial charge in [-0.25, -0.2) is 17.5 Å².